The second kappa shape index (κ2) is 10.8. The molecule has 3 aromatic carbocycles. The van der Waals surface area contributed by atoms with E-state index in [0.29, 0.717) is 6.42 Å². The molecule has 0 aliphatic carbocycles. The monoisotopic (exact) mass is 375 g/mol. The van der Waals surface area contributed by atoms with Crippen molar-refractivity contribution in [1.82, 2.24) is 4.90 Å². The van der Waals surface area contributed by atoms with Crippen LogP contribution in [0, 0.1) is 0 Å². The van der Waals surface area contributed by atoms with Gasteiger partial charge >= 0.3 is 0 Å². The van der Waals surface area contributed by atoms with Gasteiger partial charge in [0.15, 0.2) is 0 Å². The molecular weight excluding hydrogens is 346 g/mol. The average Bonchev–Trinajstić information content (AvgIpc) is 2.75. The summed E-state index contributed by atoms with van der Waals surface area (Å²) < 4.78 is 0. The van der Waals surface area contributed by atoms with Crippen molar-refractivity contribution < 1.29 is 10.2 Å². The van der Waals surface area contributed by atoms with Crippen LogP contribution in [-0.2, 0) is 13.1 Å². The maximum Gasteiger partial charge on any atom is 0.0593 e. The largest absolute Gasteiger partial charge is 0.396 e. The Morgan fingerprint density at radius 2 is 1.11 bits per heavy atom. The topological polar surface area (TPSA) is 43.7 Å². The number of benzene rings is 3. The normalized spacial score (nSPS) is 13.4. The van der Waals surface area contributed by atoms with Crippen LogP contribution in [0.25, 0.3) is 0 Å². The lowest BCUT2D eigenvalue weighted by molar-refractivity contribution is 0.0815. The average molecular weight is 376 g/mol. The predicted octanol–water partition coefficient (Wildman–Crippen LogP) is 4.22. The zero-order valence-corrected chi connectivity index (χ0v) is 16.2. The highest BCUT2D eigenvalue weighted by molar-refractivity contribution is 5.23. The van der Waals surface area contributed by atoms with E-state index in [0.717, 1.165) is 18.7 Å². The zero-order chi connectivity index (χ0) is 19.6. The van der Waals surface area contributed by atoms with Crippen LogP contribution in [0.1, 0.15) is 29.0 Å². The maximum atomic E-state index is 10.4. The summed E-state index contributed by atoms with van der Waals surface area (Å²) >= 11 is 0. The lowest BCUT2D eigenvalue weighted by atomic mass is 9.87. The summed E-state index contributed by atoms with van der Waals surface area (Å²) in [6.45, 7) is 1.63. The molecule has 0 radical (unpaired) electrons. The Morgan fingerprint density at radius 3 is 1.54 bits per heavy atom. The van der Waals surface area contributed by atoms with Crippen molar-refractivity contribution in [3.05, 3.63) is 108 Å². The first kappa shape index (κ1) is 20.3. The minimum absolute atomic E-state index is 0.0409. The highest BCUT2D eigenvalue weighted by atomic mass is 16.3. The highest BCUT2D eigenvalue weighted by Crippen LogP contribution is 2.29. The summed E-state index contributed by atoms with van der Waals surface area (Å²) in [5, 5.41) is 20.1. The molecule has 0 amide bonds. The Hall–Kier alpha value is -2.46. The van der Waals surface area contributed by atoms with Crippen molar-refractivity contribution in [3.8, 4) is 0 Å². The van der Waals surface area contributed by atoms with Crippen LogP contribution < -0.4 is 0 Å². The number of rotatable bonds is 10. The van der Waals surface area contributed by atoms with Crippen LogP contribution in [0.15, 0.2) is 91.0 Å². The first-order valence-electron chi connectivity index (χ1n) is 9.90. The molecule has 0 aliphatic rings. The fraction of sp³-hybridized carbons (Fsp3) is 0.280. The van der Waals surface area contributed by atoms with Gasteiger partial charge in [0, 0.05) is 31.7 Å². The smallest absolute Gasteiger partial charge is 0.0593 e. The van der Waals surface area contributed by atoms with Crippen LogP contribution in [0.5, 0.6) is 0 Å². The summed E-state index contributed by atoms with van der Waals surface area (Å²) in [6.07, 6.45) is 0.620. The second-order valence-corrected chi connectivity index (χ2v) is 7.16. The summed E-state index contributed by atoms with van der Waals surface area (Å²) in [7, 11) is 0. The molecule has 0 fully saturated rings. The van der Waals surface area contributed by atoms with Gasteiger partial charge in [-0.3, -0.25) is 4.90 Å². The van der Waals surface area contributed by atoms with Crippen LogP contribution in [0.2, 0.25) is 0 Å². The fourth-order valence-electron chi connectivity index (χ4n) is 3.84. The SMILES string of the molecule is OCC[C@@H](c1ccccc1)[C@@H](CO)N(Cc1ccccc1)Cc1ccccc1. The van der Waals surface area contributed by atoms with E-state index >= 15 is 0 Å². The first-order valence-corrected chi connectivity index (χ1v) is 9.90. The first-order chi connectivity index (χ1) is 13.8. The molecule has 0 aromatic heterocycles. The number of nitrogens with zero attached hydrogens (tertiary/aromatic N) is 1. The lowest BCUT2D eigenvalue weighted by Gasteiger charge is -2.36. The van der Waals surface area contributed by atoms with Crippen molar-refractivity contribution in [2.75, 3.05) is 13.2 Å². The van der Waals surface area contributed by atoms with Gasteiger partial charge in [-0.2, -0.15) is 0 Å². The molecule has 0 aliphatic heterocycles. The molecule has 2 N–H and O–H groups in total. The van der Waals surface area contributed by atoms with Crippen LogP contribution >= 0.6 is 0 Å². The fourth-order valence-corrected chi connectivity index (χ4v) is 3.84. The van der Waals surface area contributed by atoms with Gasteiger partial charge in [0.25, 0.3) is 0 Å². The maximum absolute atomic E-state index is 10.4. The number of aliphatic hydroxyl groups is 2. The van der Waals surface area contributed by atoms with Gasteiger partial charge in [0.2, 0.25) is 0 Å². The Kier molecular flexibility index (Phi) is 7.80. The Morgan fingerprint density at radius 1 is 0.643 bits per heavy atom. The highest BCUT2D eigenvalue weighted by Gasteiger charge is 2.28. The molecule has 0 unspecified atom stereocenters. The quantitative estimate of drug-likeness (QED) is 0.558. The van der Waals surface area contributed by atoms with Crippen molar-refractivity contribution >= 4 is 0 Å². The Bertz CT molecular complexity index is 751. The number of hydrogen-bond acceptors (Lipinski definition) is 3. The molecule has 28 heavy (non-hydrogen) atoms. The van der Waals surface area contributed by atoms with Crippen molar-refractivity contribution in [2.24, 2.45) is 0 Å². The van der Waals surface area contributed by atoms with E-state index < -0.39 is 0 Å². The van der Waals surface area contributed by atoms with Crippen molar-refractivity contribution in [3.63, 3.8) is 0 Å². The van der Waals surface area contributed by atoms with E-state index in [1.54, 1.807) is 0 Å². The van der Waals surface area contributed by atoms with Crippen LogP contribution in [0.4, 0.5) is 0 Å². The van der Waals surface area contributed by atoms with Gasteiger partial charge in [-0.05, 0) is 23.1 Å². The Labute approximate surface area is 167 Å². The third-order valence-corrected chi connectivity index (χ3v) is 5.25. The summed E-state index contributed by atoms with van der Waals surface area (Å²) in [5.41, 5.74) is 3.59. The molecule has 0 heterocycles. The van der Waals surface area contributed by atoms with Gasteiger partial charge in [0.1, 0.15) is 0 Å². The molecule has 0 saturated carbocycles. The van der Waals surface area contributed by atoms with Crippen molar-refractivity contribution in [2.45, 2.75) is 31.5 Å². The molecule has 3 rings (SSSR count). The second-order valence-electron chi connectivity index (χ2n) is 7.16. The van der Waals surface area contributed by atoms with Gasteiger partial charge in [0.05, 0.1) is 6.61 Å². The number of hydrogen-bond donors (Lipinski definition) is 2. The Balaban J connectivity index is 1.92. The van der Waals surface area contributed by atoms with E-state index in [9.17, 15) is 10.2 Å². The van der Waals surface area contributed by atoms with Gasteiger partial charge < -0.3 is 10.2 Å². The molecule has 3 nitrogen and oxygen atoms in total. The standard InChI is InChI=1S/C25H29NO2/c27-17-16-24(23-14-8-3-9-15-23)25(20-28)26(18-21-10-4-1-5-11-21)19-22-12-6-2-7-13-22/h1-15,24-25,27-28H,16-20H2/t24-,25+/m0/s1. The molecule has 3 heteroatoms. The molecule has 0 bridgehead atoms. The summed E-state index contributed by atoms with van der Waals surface area (Å²) in [4.78, 5) is 2.33. The van der Waals surface area contributed by atoms with E-state index in [1.807, 2.05) is 54.6 Å². The molecular formula is C25H29NO2. The predicted molar refractivity (Wildman–Crippen MR) is 114 cm³/mol. The third kappa shape index (κ3) is 5.52. The molecule has 2 atom stereocenters. The van der Waals surface area contributed by atoms with Gasteiger partial charge in [-0.25, -0.2) is 0 Å². The van der Waals surface area contributed by atoms with Crippen molar-refractivity contribution in [1.29, 1.82) is 0 Å². The lowest BCUT2D eigenvalue weighted by Crippen LogP contribution is -2.42. The van der Waals surface area contributed by atoms with Crippen LogP contribution in [0.3, 0.4) is 0 Å². The van der Waals surface area contributed by atoms with E-state index in [4.69, 9.17) is 0 Å². The summed E-state index contributed by atoms with van der Waals surface area (Å²) in [5.74, 6) is 0.0589. The van der Waals surface area contributed by atoms with Gasteiger partial charge in [-0.15, -0.1) is 0 Å². The third-order valence-electron chi connectivity index (χ3n) is 5.25. The molecule has 0 saturated heterocycles. The van der Waals surface area contributed by atoms with Crippen LogP contribution in [-0.4, -0.2) is 34.4 Å². The number of aliphatic hydroxyl groups excluding tert-OH is 2. The van der Waals surface area contributed by atoms with Gasteiger partial charge in [-0.1, -0.05) is 91.0 Å². The summed E-state index contributed by atoms with van der Waals surface area (Å²) in [6, 6.07) is 30.8. The van der Waals surface area contributed by atoms with E-state index in [1.165, 1.54) is 11.1 Å². The minimum Gasteiger partial charge on any atom is -0.396 e. The van der Waals surface area contributed by atoms with E-state index in [-0.39, 0.29) is 25.2 Å². The van der Waals surface area contributed by atoms with E-state index in [2.05, 4.69) is 41.3 Å². The molecule has 0 spiro atoms. The molecule has 3 aromatic rings. The zero-order valence-electron chi connectivity index (χ0n) is 16.2. The minimum atomic E-state index is -0.0880. The molecule has 146 valence electrons.